The van der Waals surface area contributed by atoms with Gasteiger partial charge in [-0.25, -0.2) is 4.98 Å². The fourth-order valence-electron chi connectivity index (χ4n) is 2.43. The molecule has 0 bridgehead atoms. The van der Waals surface area contributed by atoms with E-state index in [1.165, 1.54) is 29.7 Å². The lowest BCUT2D eigenvalue weighted by molar-refractivity contribution is -0.384. The molecule has 28 heavy (non-hydrogen) atoms. The summed E-state index contributed by atoms with van der Waals surface area (Å²) in [4.78, 5) is 14.9. The first-order valence-corrected chi connectivity index (χ1v) is 9.29. The van der Waals surface area contributed by atoms with Crippen molar-refractivity contribution in [3.05, 3.63) is 75.2 Å². The first kappa shape index (κ1) is 19.1. The molecule has 140 valence electrons. The number of ether oxygens (including phenoxy) is 1. The second kappa shape index (κ2) is 8.79. The smallest absolute Gasteiger partial charge is 0.271 e. The molecule has 0 aliphatic heterocycles. The molecular weight excluding hydrogens is 376 g/mol. The topological polar surface area (TPSA) is 101 Å². The summed E-state index contributed by atoms with van der Waals surface area (Å²) in [6, 6.07) is 15.8. The first-order valence-electron chi connectivity index (χ1n) is 8.41. The second-order valence-electron chi connectivity index (χ2n) is 5.62. The number of hydrogen-bond acceptors (Lipinski definition) is 7. The third-order valence-corrected chi connectivity index (χ3v) is 4.63. The van der Waals surface area contributed by atoms with Crippen LogP contribution in [0.3, 0.4) is 0 Å². The fourth-order valence-corrected chi connectivity index (χ4v) is 3.22. The Bertz CT molecular complexity index is 1050. The first-order chi connectivity index (χ1) is 13.6. The Hall–Kier alpha value is -3.70. The van der Waals surface area contributed by atoms with E-state index in [-0.39, 0.29) is 5.69 Å². The van der Waals surface area contributed by atoms with Gasteiger partial charge in [-0.2, -0.15) is 5.26 Å². The van der Waals surface area contributed by atoms with Crippen molar-refractivity contribution >= 4 is 28.3 Å². The molecule has 1 N–H and O–H groups in total. The van der Waals surface area contributed by atoms with Crippen molar-refractivity contribution in [2.24, 2.45) is 0 Å². The molecule has 0 spiro atoms. The zero-order valence-electron chi connectivity index (χ0n) is 15.0. The van der Waals surface area contributed by atoms with E-state index in [2.05, 4.69) is 16.4 Å². The number of aromatic nitrogens is 1. The van der Waals surface area contributed by atoms with Gasteiger partial charge in [0.15, 0.2) is 0 Å². The summed E-state index contributed by atoms with van der Waals surface area (Å²) in [6.45, 7) is 2.53. The third kappa shape index (κ3) is 4.52. The Morgan fingerprint density at radius 3 is 2.82 bits per heavy atom. The number of thiazole rings is 1. The number of nitro benzene ring substituents is 1. The Labute approximate surface area is 165 Å². The van der Waals surface area contributed by atoms with E-state index in [1.54, 1.807) is 12.1 Å². The number of nitrogens with zero attached hydrogens (tertiary/aromatic N) is 3. The van der Waals surface area contributed by atoms with Gasteiger partial charge < -0.3 is 10.1 Å². The van der Waals surface area contributed by atoms with Crippen molar-refractivity contribution in [2.45, 2.75) is 6.92 Å². The molecule has 0 unspecified atom stereocenters. The van der Waals surface area contributed by atoms with Crippen LogP contribution in [0.25, 0.3) is 16.8 Å². The molecule has 3 aromatic rings. The van der Waals surface area contributed by atoms with Crippen LogP contribution < -0.4 is 10.1 Å². The van der Waals surface area contributed by atoms with E-state index in [9.17, 15) is 15.4 Å². The van der Waals surface area contributed by atoms with Crippen LogP contribution >= 0.6 is 11.3 Å². The zero-order valence-corrected chi connectivity index (χ0v) is 15.8. The number of benzene rings is 2. The summed E-state index contributed by atoms with van der Waals surface area (Å²) in [6.07, 6.45) is 1.50. The summed E-state index contributed by atoms with van der Waals surface area (Å²) >= 11 is 1.35. The van der Waals surface area contributed by atoms with E-state index in [0.717, 1.165) is 17.0 Å². The standard InChI is InChI=1S/C20H16N4O3S/c1-2-27-18-8-6-14(7-9-18)19-13-28-20(23-19)15(11-21)12-22-16-4-3-5-17(10-16)24(25)26/h3-10,12-13,22H,2H2,1H3. The summed E-state index contributed by atoms with van der Waals surface area (Å²) in [5.41, 5.74) is 2.53. The van der Waals surface area contributed by atoms with Gasteiger partial charge in [-0.15, -0.1) is 11.3 Å². The average Bonchev–Trinajstić information content (AvgIpc) is 3.19. The summed E-state index contributed by atoms with van der Waals surface area (Å²) in [5.74, 6) is 0.792. The Balaban J connectivity index is 1.78. The summed E-state index contributed by atoms with van der Waals surface area (Å²) < 4.78 is 5.43. The van der Waals surface area contributed by atoms with Gasteiger partial charge in [-0.05, 0) is 37.3 Å². The van der Waals surface area contributed by atoms with Crippen molar-refractivity contribution in [2.75, 3.05) is 11.9 Å². The van der Waals surface area contributed by atoms with Gasteiger partial charge in [-0.3, -0.25) is 10.1 Å². The molecule has 0 saturated carbocycles. The van der Waals surface area contributed by atoms with Gasteiger partial charge in [0, 0.05) is 35.0 Å². The molecule has 1 heterocycles. The molecule has 1 aromatic heterocycles. The minimum Gasteiger partial charge on any atom is -0.494 e. The van der Waals surface area contributed by atoms with Gasteiger partial charge in [0.25, 0.3) is 5.69 Å². The van der Waals surface area contributed by atoms with E-state index in [1.807, 2.05) is 36.6 Å². The molecule has 3 rings (SSSR count). The van der Waals surface area contributed by atoms with Crippen LogP contribution in [0.5, 0.6) is 5.75 Å². The summed E-state index contributed by atoms with van der Waals surface area (Å²) in [7, 11) is 0. The fraction of sp³-hybridized carbons (Fsp3) is 0.100. The number of nitrogens with one attached hydrogen (secondary N) is 1. The highest BCUT2D eigenvalue weighted by Crippen LogP contribution is 2.27. The van der Waals surface area contributed by atoms with Crippen LogP contribution in [-0.4, -0.2) is 16.5 Å². The van der Waals surface area contributed by atoms with Gasteiger partial charge >= 0.3 is 0 Å². The minimum absolute atomic E-state index is 0.0241. The van der Waals surface area contributed by atoms with Crippen LogP contribution in [0.4, 0.5) is 11.4 Å². The number of non-ortho nitro benzene ring substituents is 1. The number of nitro groups is 1. The quantitative estimate of drug-likeness (QED) is 0.341. The van der Waals surface area contributed by atoms with Crippen molar-refractivity contribution < 1.29 is 9.66 Å². The van der Waals surface area contributed by atoms with Crippen LogP contribution in [0.15, 0.2) is 60.1 Å². The molecule has 8 heteroatoms. The third-order valence-electron chi connectivity index (χ3n) is 3.76. The van der Waals surface area contributed by atoms with E-state index in [4.69, 9.17) is 4.74 Å². The van der Waals surface area contributed by atoms with Crippen molar-refractivity contribution in [1.29, 1.82) is 5.26 Å². The number of allylic oxidation sites excluding steroid dienone is 1. The normalized spacial score (nSPS) is 10.9. The Kier molecular flexibility index (Phi) is 5.99. The van der Waals surface area contributed by atoms with Gasteiger partial charge in [-0.1, -0.05) is 6.07 Å². The average molecular weight is 392 g/mol. The lowest BCUT2D eigenvalue weighted by Crippen LogP contribution is -1.93. The maximum absolute atomic E-state index is 10.9. The van der Waals surface area contributed by atoms with Crippen LogP contribution in [-0.2, 0) is 0 Å². The van der Waals surface area contributed by atoms with Crippen LogP contribution in [0, 0.1) is 21.4 Å². The number of hydrogen-bond donors (Lipinski definition) is 1. The highest BCUT2D eigenvalue weighted by atomic mass is 32.1. The number of rotatable bonds is 7. The zero-order chi connectivity index (χ0) is 19.9. The predicted molar refractivity (Wildman–Crippen MR) is 109 cm³/mol. The van der Waals surface area contributed by atoms with Crippen molar-refractivity contribution in [3.63, 3.8) is 0 Å². The minimum atomic E-state index is -0.468. The maximum atomic E-state index is 10.9. The molecular formula is C20H16N4O3S. The highest BCUT2D eigenvalue weighted by molar-refractivity contribution is 7.11. The van der Waals surface area contributed by atoms with E-state index < -0.39 is 4.92 Å². The molecule has 0 fully saturated rings. The predicted octanol–water partition coefficient (Wildman–Crippen LogP) is 5.09. The van der Waals surface area contributed by atoms with E-state index in [0.29, 0.717) is 22.9 Å². The molecule has 0 aliphatic rings. The lowest BCUT2D eigenvalue weighted by atomic mass is 10.2. The van der Waals surface area contributed by atoms with Gasteiger partial charge in [0.05, 0.1) is 17.2 Å². The summed E-state index contributed by atoms with van der Waals surface area (Å²) in [5, 5.41) is 25.7. The number of anilines is 1. The van der Waals surface area contributed by atoms with E-state index >= 15 is 0 Å². The Morgan fingerprint density at radius 1 is 1.36 bits per heavy atom. The van der Waals surface area contributed by atoms with Crippen molar-refractivity contribution in [3.8, 4) is 23.1 Å². The SMILES string of the molecule is CCOc1ccc(-c2csc(C(C#N)=CNc3cccc([N+](=O)[O-])c3)n2)cc1. The molecule has 0 saturated heterocycles. The number of nitriles is 1. The molecule has 0 aliphatic carbocycles. The van der Waals surface area contributed by atoms with Gasteiger partial charge in [0.1, 0.15) is 22.4 Å². The molecule has 7 nitrogen and oxygen atoms in total. The lowest BCUT2D eigenvalue weighted by Gasteiger charge is -2.03. The molecule has 2 aromatic carbocycles. The monoisotopic (exact) mass is 392 g/mol. The molecule has 0 amide bonds. The molecule has 0 radical (unpaired) electrons. The van der Waals surface area contributed by atoms with Gasteiger partial charge in [0.2, 0.25) is 0 Å². The van der Waals surface area contributed by atoms with Crippen molar-refractivity contribution in [1.82, 2.24) is 4.98 Å². The highest BCUT2D eigenvalue weighted by Gasteiger charge is 2.10. The Morgan fingerprint density at radius 2 is 2.14 bits per heavy atom. The maximum Gasteiger partial charge on any atom is 0.271 e. The molecule has 0 atom stereocenters. The second-order valence-corrected chi connectivity index (χ2v) is 6.47. The van der Waals surface area contributed by atoms with Crippen LogP contribution in [0.1, 0.15) is 11.9 Å². The largest absolute Gasteiger partial charge is 0.494 e. The van der Waals surface area contributed by atoms with Crippen LogP contribution in [0.2, 0.25) is 0 Å².